The van der Waals surface area contributed by atoms with Crippen molar-refractivity contribution in [1.29, 1.82) is 0 Å². The molecule has 148 valence electrons. The Bertz CT molecular complexity index is 720. The molecule has 2 atom stereocenters. The van der Waals surface area contributed by atoms with Gasteiger partial charge < -0.3 is 14.9 Å². The van der Waals surface area contributed by atoms with Gasteiger partial charge in [0.2, 0.25) is 5.91 Å². The molecule has 2 aliphatic heterocycles. The second-order valence-electron chi connectivity index (χ2n) is 7.52. The summed E-state index contributed by atoms with van der Waals surface area (Å²) in [6, 6.07) is 4.35. The first-order valence-electron chi connectivity index (χ1n) is 9.01. The summed E-state index contributed by atoms with van der Waals surface area (Å²) in [5.74, 6) is -0.999. The van der Waals surface area contributed by atoms with Gasteiger partial charge in [-0.3, -0.25) is 9.59 Å². The molecule has 2 saturated heterocycles. The van der Waals surface area contributed by atoms with E-state index in [2.05, 4.69) is 0 Å². The normalized spacial score (nSPS) is 26.5. The van der Waals surface area contributed by atoms with Crippen molar-refractivity contribution in [3.8, 4) is 0 Å². The van der Waals surface area contributed by atoms with Crippen molar-refractivity contribution in [3.63, 3.8) is 0 Å². The molecule has 27 heavy (non-hydrogen) atoms. The lowest BCUT2D eigenvalue weighted by atomic mass is 9.68. The molecule has 0 unspecified atom stereocenters. The first-order chi connectivity index (χ1) is 12.6. The topological polar surface area (TPSA) is 60.9 Å². The van der Waals surface area contributed by atoms with Crippen molar-refractivity contribution < 1.29 is 27.9 Å². The summed E-state index contributed by atoms with van der Waals surface area (Å²) in [4.78, 5) is 28.2. The zero-order valence-corrected chi connectivity index (χ0v) is 15.1. The number of rotatable bonds is 3. The fourth-order valence-corrected chi connectivity index (χ4v) is 4.31. The molecule has 1 amide bonds. The number of alkyl halides is 3. The van der Waals surface area contributed by atoms with Gasteiger partial charge in [-0.1, -0.05) is 12.1 Å². The molecule has 0 radical (unpaired) electrons. The largest absolute Gasteiger partial charge is 0.481 e. The van der Waals surface area contributed by atoms with Crippen molar-refractivity contribution in [2.75, 3.05) is 26.7 Å². The van der Waals surface area contributed by atoms with Crippen LogP contribution in [0.3, 0.4) is 0 Å². The van der Waals surface area contributed by atoms with E-state index in [1.807, 2.05) is 11.9 Å². The smallest absolute Gasteiger partial charge is 0.416 e. The molecule has 0 spiro atoms. The Balaban J connectivity index is 1.69. The number of benzene rings is 1. The molecule has 0 aromatic heterocycles. The summed E-state index contributed by atoms with van der Waals surface area (Å²) >= 11 is 0. The van der Waals surface area contributed by atoms with Crippen LogP contribution in [0.1, 0.15) is 30.4 Å². The van der Waals surface area contributed by atoms with E-state index in [1.54, 1.807) is 4.90 Å². The van der Waals surface area contributed by atoms with Crippen LogP contribution >= 0.6 is 0 Å². The Morgan fingerprint density at radius 3 is 2.44 bits per heavy atom. The number of fused-ring (bicyclic) bond motifs is 1. The SMILES string of the molecule is CN1CCC[C@]2(C(=O)O)CCN(C(=O)Cc3ccc(C(F)(F)F)cc3)C[C@@H]12. The highest BCUT2D eigenvalue weighted by Gasteiger charge is 2.52. The second kappa shape index (κ2) is 7.14. The lowest BCUT2D eigenvalue weighted by Crippen LogP contribution is -2.63. The Morgan fingerprint density at radius 2 is 1.85 bits per heavy atom. The van der Waals surface area contributed by atoms with Crippen LogP contribution in [-0.4, -0.2) is 59.5 Å². The van der Waals surface area contributed by atoms with Crippen LogP contribution in [0.2, 0.25) is 0 Å². The van der Waals surface area contributed by atoms with E-state index in [9.17, 15) is 27.9 Å². The van der Waals surface area contributed by atoms with Gasteiger partial charge >= 0.3 is 12.1 Å². The maximum atomic E-state index is 12.6. The minimum Gasteiger partial charge on any atom is -0.481 e. The number of halogens is 3. The number of likely N-dealkylation sites (N-methyl/N-ethyl adjacent to an activating group) is 1. The summed E-state index contributed by atoms with van der Waals surface area (Å²) in [6.45, 7) is 1.49. The average molecular weight is 384 g/mol. The minimum atomic E-state index is -4.40. The number of carboxylic acid groups (broad SMARTS) is 1. The third-order valence-electron chi connectivity index (χ3n) is 5.94. The van der Waals surface area contributed by atoms with Crippen molar-refractivity contribution in [2.24, 2.45) is 5.41 Å². The van der Waals surface area contributed by atoms with Gasteiger partial charge in [0.1, 0.15) is 0 Å². The van der Waals surface area contributed by atoms with E-state index in [4.69, 9.17) is 0 Å². The maximum Gasteiger partial charge on any atom is 0.416 e. The third-order valence-corrected chi connectivity index (χ3v) is 5.94. The number of carboxylic acids is 1. The van der Waals surface area contributed by atoms with Crippen molar-refractivity contribution in [1.82, 2.24) is 9.80 Å². The van der Waals surface area contributed by atoms with Gasteiger partial charge in [-0.15, -0.1) is 0 Å². The summed E-state index contributed by atoms with van der Waals surface area (Å²) in [5.41, 5.74) is -1.05. The number of carbonyl (C=O) groups excluding carboxylic acids is 1. The molecule has 2 aliphatic rings. The predicted molar refractivity (Wildman–Crippen MR) is 92.1 cm³/mol. The van der Waals surface area contributed by atoms with Gasteiger partial charge in [-0.25, -0.2) is 0 Å². The number of aliphatic carboxylic acids is 1. The molecule has 1 aromatic rings. The van der Waals surface area contributed by atoms with Crippen molar-refractivity contribution in [2.45, 2.75) is 37.9 Å². The van der Waals surface area contributed by atoms with E-state index in [0.29, 0.717) is 31.5 Å². The first-order valence-corrected chi connectivity index (χ1v) is 9.01. The Hall–Kier alpha value is -2.09. The molecule has 0 saturated carbocycles. The number of amides is 1. The van der Waals surface area contributed by atoms with Crippen LogP contribution in [0, 0.1) is 5.41 Å². The van der Waals surface area contributed by atoms with Crippen LogP contribution in [0.4, 0.5) is 13.2 Å². The highest BCUT2D eigenvalue weighted by atomic mass is 19.4. The van der Waals surface area contributed by atoms with Gasteiger partial charge in [-0.2, -0.15) is 13.2 Å². The van der Waals surface area contributed by atoms with Gasteiger partial charge in [0.25, 0.3) is 0 Å². The van der Waals surface area contributed by atoms with Crippen LogP contribution in [0.15, 0.2) is 24.3 Å². The summed E-state index contributed by atoms with van der Waals surface area (Å²) in [7, 11) is 1.88. The minimum absolute atomic E-state index is 0.00857. The van der Waals surface area contributed by atoms with E-state index >= 15 is 0 Å². The third kappa shape index (κ3) is 3.81. The number of piperidine rings is 2. The summed E-state index contributed by atoms with van der Waals surface area (Å²) in [6.07, 6.45) is -2.57. The molecule has 0 aliphatic carbocycles. The number of hydrogen-bond acceptors (Lipinski definition) is 3. The Morgan fingerprint density at radius 1 is 1.19 bits per heavy atom. The Labute approximate surface area is 155 Å². The zero-order valence-electron chi connectivity index (χ0n) is 15.1. The lowest BCUT2D eigenvalue weighted by molar-refractivity contribution is -0.165. The van der Waals surface area contributed by atoms with E-state index in [0.717, 1.165) is 25.1 Å². The van der Waals surface area contributed by atoms with E-state index < -0.39 is 23.1 Å². The zero-order chi connectivity index (χ0) is 19.8. The summed E-state index contributed by atoms with van der Waals surface area (Å²) in [5, 5.41) is 9.77. The quantitative estimate of drug-likeness (QED) is 0.871. The van der Waals surface area contributed by atoms with Gasteiger partial charge in [-0.05, 0) is 50.6 Å². The molecule has 3 rings (SSSR count). The molecule has 1 aromatic carbocycles. The standard InChI is InChI=1S/C19H23F3N2O3/c1-23-9-2-7-18(17(26)27)8-10-24(12-15(18)23)16(25)11-13-3-5-14(6-4-13)19(20,21)22/h3-6,15H,2,7-12H2,1H3,(H,26,27)/t15-,18+/m1/s1. The molecule has 1 N–H and O–H groups in total. The van der Waals surface area contributed by atoms with Crippen molar-refractivity contribution >= 4 is 11.9 Å². The van der Waals surface area contributed by atoms with Gasteiger partial charge in [0.05, 0.1) is 17.4 Å². The fraction of sp³-hybridized carbons (Fsp3) is 0.579. The molecule has 8 heteroatoms. The summed E-state index contributed by atoms with van der Waals surface area (Å²) < 4.78 is 37.9. The second-order valence-corrected chi connectivity index (χ2v) is 7.52. The number of nitrogens with zero attached hydrogens (tertiary/aromatic N) is 2. The first kappa shape index (κ1) is 19.7. The molecular weight excluding hydrogens is 361 g/mol. The highest BCUT2D eigenvalue weighted by molar-refractivity contribution is 5.80. The molecule has 5 nitrogen and oxygen atoms in total. The predicted octanol–water partition coefficient (Wildman–Crippen LogP) is 2.65. The number of likely N-dealkylation sites (tertiary alicyclic amines) is 2. The van der Waals surface area contributed by atoms with Crippen LogP contribution in [-0.2, 0) is 22.2 Å². The van der Waals surface area contributed by atoms with Gasteiger partial charge in [0.15, 0.2) is 0 Å². The number of hydrogen-bond donors (Lipinski definition) is 1. The monoisotopic (exact) mass is 384 g/mol. The lowest BCUT2D eigenvalue weighted by Gasteiger charge is -2.51. The van der Waals surface area contributed by atoms with Crippen LogP contribution < -0.4 is 0 Å². The molecule has 2 fully saturated rings. The van der Waals surface area contributed by atoms with E-state index in [1.165, 1.54) is 12.1 Å². The number of carbonyl (C=O) groups is 2. The average Bonchev–Trinajstić information content (AvgIpc) is 2.61. The molecular formula is C19H23F3N2O3. The van der Waals surface area contributed by atoms with E-state index in [-0.39, 0.29) is 18.4 Å². The van der Waals surface area contributed by atoms with Crippen molar-refractivity contribution in [3.05, 3.63) is 35.4 Å². The van der Waals surface area contributed by atoms with Crippen LogP contribution in [0.5, 0.6) is 0 Å². The fourth-order valence-electron chi connectivity index (χ4n) is 4.31. The maximum absolute atomic E-state index is 12.6. The molecule has 0 bridgehead atoms. The Kier molecular flexibility index (Phi) is 5.20. The van der Waals surface area contributed by atoms with Gasteiger partial charge in [0, 0.05) is 19.1 Å². The highest BCUT2D eigenvalue weighted by Crippen LogP contribution is 2.42. The molecule has 2 heterocycles. The van der Waals surface area contributed by atoms with Crippen LogP contribution in [0.25, 0.3) is 0 Å².